The Balaban J connectivity index is 2.59. The van der Waals surface area contributed by atoms with Gasteiger partial charge in [-0.1, -0.05) is 6.92 Å². The highest BCUT2D eigenvalue weighted by molar-refractivity contribution is 5.76. The molecule has 4 heteroatoms. The number of carbonyl (C=O) groups excluding carboxylic acids is 1. The molecule has 1 aliphatic heterocycles. The van der Waals surface area contributed by atoms with E-state index in [1.807, 2.05) is 0 Å². The van der Waals surface area contributed by atoms with Crippen LogP contribution >= 0.6 is 0 Å². The lowest BCUT2D eigenvalue weighted by atomic mass is 9.92. The van der Waals surface area contributed by atoms with Gasteiger partial charge in [0.15, 0.2) is 0 Å². The summed E-state index contributed by atoms with van der Waals surface area (Å²) in [6.07, 6.45) is 3.02. The summed E-state index contributed by atoms with van der Waals surface area (Å²) < 4.78 is 0. The molecule has 0 aromatic heterocycles. The van der Waals surface area contributed by atoms with Crippen molar-refractivity contribution in [3.8, 4) is 0 Å². The second-order valence-electron chi connectivity index (χ2n) is 5.00. The molecular formula is C12H25N3O. The van der Waals surface area contributed by atoms with E-state index in [1.54, 1.807) is 7.05 Å². The Morgan fingerprint density at radius 1 is 1.50 bits per heavy atom. The molecule has 3 unspecified atom stereocenters. The molecule has 0 aromatic rings. The highest BCUT2D eigenvalue weighted by atomic mass is 16.1. The van der Waals surface area contributed by atoms with Crippen molar-refractivity contribution in [3.63, 3.8) is 0 Å². The number of amides is 1. The topological polar surface area (TPSA) is 58.4 Å². The number of likely N-dealkylation sites (tertiary alicyclic amines) is 1. The maximum atomic E-state index is 11.4. The highest BCUT2D eigenvalue weighted by Gasteiger charge is 2.29. The third kappa shape index (κ3) is 3.46. The Hall–Kier alpha value is -0.610. The van der Waals surface area contributed by atoms with Crippen molar-refractivity contribution in [1.82, 2.24) is 10.2 Å². The van der Waals surface area contributed by atoms with Gasteiger partial charge in [-0.3, -0.25) is 9.69 Å². The quantitative estimate of drug-likeness (QED) is 0.738. The molecule has 4 nitrogen and oxygen atoms in total. The predicted octanol–water partition coefficient (Wildman–Crippen LogP) is 0.570. The van der Waals surface area contributed by atoms with Crippen molar-refractivity contribution >= 4 is 5.91 Å². The van der Waals surface area contributed by atoms with Gasteiger partial charge in [-0.2, -0.15) is 0 Å². The van der Waals surface area contributed by atoms with E-state index in [-0.39, 0.29) is 11.9 Å². The van der Waals surface area contributed by atoms with Crippen LogP contribution in [0, 0.1) is 5.92 Å². The second kappa shape index (κ2) is 6.21. The number of hydrogen-bond donors (Lipinski definition) is 2. The molecule has 16 heavy (non-hydrogen) atoms. The fraction of sp³-hybridized carbons (Fsp3) is 0.917. The molecule has 0 radical (unpaired) electrons. The molecular weight excluding hydrogens is 202 g/mol. The molecule has 0 saturated carbocycles. The third-order valence-electron chi connectivity index (χ3n) is 3.61. The molecule has 3 N–H and O–H groups in total. The largest absolute Gasteiger partial charge is 0.359 e. The van der Waals surface area contributed by atoms with Gasteiger partial charge in [-0.15, -0.1) is 0 Å². The summed E-state index contributed by atoms with van der Waals surface area (Å²) in [5.41, 5.74) is 5.79. The smallest absolute Gasteiger partial charge is 0.221 e. The van der Waals surface area contributed by atoms with Crippen LogP contribution in [0.15, 0.2) is 0 Å². The lowest BCUT2D eigenvalue weighted by molar-refractivity contribution is -0.122. The molecule has 1 amide bonds. The van der Waals surface area contributed by atoms with Crippen LogP contribution in [0.5, 0.6) is 0 Å². The number of carbonyl (C=O) groups is 1. The Morgan fingerprint density at radius 2 is 2.19 bits per heavy atom. The molecule has 0 spiro atoms. The van der Waals surface area contributed by atoms with E-state index in [1.165, 1.54) is 12.8 Å². The molecule has 1 aliphatic rings. The normalized spacial score (nSPS) is 28.8. The average Bonchev–Trinajstić information content (AvgIpc) is 2.29. The zero-order valence-electron chi connectivity index (χ0n) is 10.7. The van der Waals surface area contributed by atoms with Crippen LogP contribution in [-0.2, 0) is 4.79 Å². The number of nitrogens with one attached hydrogen (secondary N) is 1. The molecule has 0 aliphatic carbocycles. The summed E-state index contributed by atoms with van der Waals surface area (Å²) >= 11 is 0. The zero-order valence-corrected chi connectivity index (χ0v) is 10.7. The van der Waals surface area contributed by atoms with E-state index in [0.29, 0.717) is 19.0 Å². The maximum absolute atomic E-state index is 11.4. The van der Waals surface area contributed by atoms with Crippen LogP contribution < -0.4 is 11.1 Å². The van der Waals surface area contributed by atoms with Crippen molar-refractivity contribution in [1.29, 1.82) is 0 Å². The molecule has 0 aromatic carbocycles. The third-order valence-corrected chi connectivity index (χ3v) is 3.61. The summed E-state index contributed by atoms with van der Waals surface area (Å²) in [6.45, 7) is 6.13. The van der Waals surface area contributed by atoms with E-state index in [4.69, 9.17) is 5.73 Å². The van der Waals surface area contributed by atoms with Gasteiger partial charge in [0.1, 0.15) is 0 Å². The van der Waals surface area contributed by atoms with E-state index >= 15 is 0 Å². The molecule has 0 bridgehead atoms. The molecule has 1 heterocycles. The summed E-state index contributed by atoms with van der Waals surface area (Å²) in [4.78, 5) is 13.8. The molecule has 1 saturated heterocycles. The van der Waals surface area contributed by atoms with Gasteiger partial charge < -0.3 is 11.1 Å². The average molecular weight is 227 g/mol. The van der Waals surface area contributed by atoms with Gasteiger partial charge in [-0.05, 0) is 25.7 Å². The monoisotopic (exact) mass is 227 g/mol. The number of piperidine rings is 1. The van der Waals surface area contributed by atoms with Gasteiger partial charge >= 0.3 is 0 Å². The summed E-state index contributed by atoms with van der Waals surface area (Å²) in [7, 11) is 1.68. The van der Waals surface area contributed by atoms with Crippen molar-refractivity contribution in [2.45, 2.75) is 45.2 Å². The van der Waals surface area contributed by atoms with Crippen LogP contribution in [0.25, 0.3) is 0 Å². The van der Waals surface area contributed by atoms with Crippen LogP contribution in [-0.4, -0.2) is 43.0 Å². The van der Waals surface area contributed by atoms with Gasteiger partial charge in [0.2, 0.25) is 5.91 Å². The zero-order chi connectivity index (χ0) is 12.1. The van der Waals surface area contributed by atoms with Crippen LogP contribution in [0.1, 0.15) is 33.1 Å². The lowest BCUT2D eigenvalue weighted by Gasteiger charge is -2.41. The fourth-order valence-electron chi connectivity index (χ4n) is 2.48. The van der Waals surface area contributed by atoms with E-state index in [9.17, 15) is 4.79 Å². The van der Waals surface area contributed by atoms with Crippen LogP contribution in [0.3, 0.4) is 0 Å². The maximum Gasteiger partial charge on any atom is 0.221 e. The minimum Gasteiger partial charge on any atom is -0.359 e. The van der Waals surface area contributed by atoms with E-state index in [0.717, 1.165) is 12.5 Å². The number of rotatable bonds is 4. The molecule has 1 rings (SSSR count). The summed E-state index contributed by atoms with van der Waals surface area (Å²) in [5.74, 6) is 0.802. The lowest BCUT2D eigenvalue weighted by Crippen LogP contribution is -2.51. The predicted molar refractivity (Wildman–Crippen MR) is 66.1 cm³/mol. The minimum atomic E-state index is 0.0841. The first kappa shape index (κ1) is 13.5. The Bertz CT molecular complexity index is 232. The Kier molecular flexibility index (Phi) is 5.22. The molecule has 3 atom stereocenters. The summed E-state index contributed by atoms with van der Waals surface area (Å²) in [5, 5.41) is 2.67. The first-order valence-electron chi connectivity index (χ1n) is 6.24. The highest BCUT2D eigenvalue weighted by Crippen LogP contribution is 2.24. The molecule has 94 valence electrons. The van der Waals surface area contributed by atoms with Crippen LogP contribution in [0.4, 0.5) is 0 Å². The SMILES string of the molecule is CNC(=O)CC(CN)N1CC(C)CCC1C. The Labute approximate surface area is 98.6 Å². The number of nitrogens with zero attached hydrogens (tertiary/aromatic N) is 1. The second-order valence-corrected chi connectivity index (χ2v) is 5.00. The van der Waals surface area contributed by atoms with Gasteiger partial charge in [0, 0.05) is 38.6 Å². The van der Waals surface area contributed by atoms with Gasteiger partial charge in [0.05, 0.1) is 0 Å². The van der Waals surface area contributed by atoms with Crippen molar-refractivity contribution < 1.29 is 4.79 Å². The van der Waals surface area contributed by atoms with E-state index in [2.05, 4.69) is 24.1 Å². The van der Waals surface area contributed by atoms with Crippen molar-refractivity contribution in [2.24, 2.45) is 11.7 Å². The fourth-order valence-corrected chi connectivity index (χ4v) is 2.48. The van der Waals surface area contributed by atoms with Crippen LogP contribution in [0.2, 0.25) is 0 Å². The molecule has 1 fully saturated rings. The first-order chi connectivity index (χ1) is 7.58. The van der Waals surface area contributed by atoms with E-state index < -0.39 is 0 Å². The van der Waals surface area contributed by atoms with Gasteiger partial charge in [-0.25, -0.2) is 0 Å². The number of hydrogen-bond acceptors (Lipinski definition) is 3. The standard InChI is InChI=1S/C12H25N3O/c1-9-4-5-10(2)15(8-9)11(7-13)6-12(16)14-3/h9-11H,4-8,13H2,1-3H3,(H,14,16). The Morgan fingerprint density at radius 3 is 2.75 bits per heavy atom. The first-order valence-corrected chi connectivity index (χ1v) is 6.24. The van der Waals surface area contributed by atoms with Gasteiger partial charge in [0.25, 0.3) is 0 Å². The van der Waals surface area contributed by atoms with Crippen molar-refractivity contribution in [2.75, 3.05) is 20.1 Å². The van der Waals surface area contributed by atoms with Crippen molar-refractivity contribution in [3.05, 3.63) is 0 Å². The minimum absolute atomic E-state index is 0.0841. The summed E-state index contributed by atoms with van der Waals surface area (Å²) in [6, 6.07) is 0.743. The number of nitrogens with two attached hydrogens (primary N) is 1.